The smallest absolute Gasteiger partial charge is 0.353 e. The van der Waals surface area contributed by atoms with E-state index in [1.54, 1.807) is 4.90 Å². The van der Waals surface area contributed by atoms with Crippen LogP contribution in [0.5, 0.6) is 0 Å². The van der Waals surface area contributed by atoms with Crippen LogP contribution >= 0.6 is 23.2 Å². The lowest BCUT2D eigenvalue weighted by atomic mass is 10.2. The highest BCUT2D eigenvalue weighted by molar-refractivity contribution is 7.89. The highest BCUT2D eigenvalue weighted by Gasteiger charge is 2.35. The molecular weight excluding hydrogens is 559 g/mol. The number of pyridine rings is 2. The van der Waals surface area contributed by atoms with Crippen LogP contribution in [-0.2, 0) is 22.4 Å². The molecule has 0 bridgehead atoms. The maximum absolute atomic E-state index is 13.3. The Hall–Kier alpha value is -2.55. The minimum absolute atomic E-state index is 0.0548. The second kappa shape index (κ2) is 9.39. The van der Waals surface area contributed by atoms with Gasteiger partial charge in [-0.25, -0.2) is 18.4 Å². The van der Waals surface area contributed by atoms with E-state index in [1.165, 1.54) is 18.3 Å². The van der Waals surface area contributed by atoms with E-state index in [0.29, 0.717) is 18.5 Å². The Labute approximate surface area is 210 Å². The number of anilines is 1. The van der Waals surface area contributed by atoms with Crippen molar-refractivity contribution in [1.82, 2.24) is 18.8 Å². The molecule has 0 amide bonds. The first kappa shape index (κ1) is 26.5. The summed E-state index contributed by atoms with van der Waals surface area (Å²) in [6.07, 6.45) is -6.78. The van der Waals surface area contributed by atoms with Crippen LogP contribution in [0.25, 0.3) is 5.82 Å². The summed E-state index contributed by atoms with van der Waals surface area (Å²) in [6.45, 7) is 0.0516. The molecule has 0 N–H and O–H groups in total. The van der Waals surface area contributed by atoms with Crippen LogP contribution < -0.4 is 4.90 Å². The molecule has 194 valence electrons. The van der Waals surface area contributed by atoms with Gasteiger partial charge in [0.25, 0.3) is 10.0 Å². The number of hydrogen-bond donors (Lipinski definition) is 0. The average Bonchev–Trinajstić information content (AvgIpc) is 3.28. The van der Waals surface area contributed by atoms with Gasteiger partial charge in [0.15, 0.2) is 10.8 Å². The molecule has 7 nitrogen and oxygen atoms in total. The number of rotatable bonds is 4. The van der Waals surface area contributed by atoms with Gasteiger partial charge in [-0.1, -0.05) is 23.2 Å². The predicted molar refractivity (Wildman–Crippen MR) is 119 cm³/mol. The van der Waals surface area contributed by atoms with Gasteiger partial charge in [-0.05, 0) is 24.3 Å². The van der Waals surface area contributed by atoms with E-state index in [-0.39, 0.29) is 47.9 Å². The summed E-state index contributed by atoms with van der Waals surface area (Å²) in [5.41, 5.74) is -2.09. The van der Waals surface area contributed by atoms with E-state index in [0.717, 1.165) is 14.9 Å². The molecule has 0 saturated carbocycles. The van der Waals surface area contributed by atoms with E-state index < -0.39 is 38.5 Å². The zero-order valence-corrected chi connectivity index (χ0v) is 20.2. The number of sulfonamides is 1. The SMILES string of the molecule is O=S(=O)(c1cccn1-c1ncc(C(F)(F)F)cc1Cl)N1CCN(c2ncc(C(F)(F)F)cc2Cl)CC1. The maximum Gasteiger partial charge on any atom is 0.417 e. The van der Waals surface area contributed by atoms with E-state index in [2.05, 4.69) is 9.97 Å². The van der Waals surface area contributed by atoms with Crippen LogP contribution in [0.1, 0.15) is 11.1 Å². The van der Waals surface area contributed by atoms with Crippen molar-refractivity contribution in [3.8, 4) is 5.82 Å². The average molecular weight is 574 g/mol. The first-order valence-electron chi connectivity index (χ1n) is 10.1. The van der Waals surface area contributed by atoms with Gasteiger partial charge in [-0.3, -0.25) is 4.57 Å². The largest absolute Gasteiger partial charge is 0.417 e. The summed E-state index contributed by atoms with van der Waals surface area (Å²) >= 11 is 12.0. The van der Waals surface area contributed by atoms with Crippen molar-refractivity contribution < 1.29 is 34.8 Å². The number of aromatic nitrogens is 3. The lowest BCUT2D eigenvalue weighted by Crippen LogP contribution is -2.49. The van der Waals surface area contributed by atoms with Crippen LogP contribution in [0.2, 0.25) is 10.0 Å². The Balaban J connectivity index is 1.54. The van der Waals surface area contributed by atoms with Crippen LogP contribution in [0.15, 0.2) is 47.9 Å². The molecule has 0 atom stereocenters. The van der Waals surface area contributed by atoms with Gasteiger partial charge in [-0.2, -0.15) is 30.6 Å². The molecule has 1 saturated heterocycles. The Kier molecular flexibility index (Phi) is 6.92. The Bertz CT molecular complexity index is 1390. The molecule has 4 rings (SSSR count). The van der Waals surface area contributed by atoms with Gasteiger partial charge < -0.3 is 4.90 Å². The monoisotopic (exact) mass is 573 g/mol. The van der Waals surface area contributed by atoms with Crippen molar-refractivity contribution in [2.45, 2.75) is 17.4 Å². The topological polar surface area (TPSA) is 71.3 Å². The van der Waals surface area contributed by atoms with Gasteiger partial charge >= 0.3 is 12.4 Å². The highest BCUT2D eigenvalue weighted by Crippen LogP contribution is 2.35. The summed E-state index contributed by atoms with van der Waals surface area (Å²) in [4.78, 5) is 9.06. The molecule has 1 fully saturated rings. The zero-order chi connectivity index (χ0) is 26.5. The normalized spacial score (nSPS) is 15.9. The molecule has 3 aromatic heterocycles. The Morgan fingerprint density at radius 1 is 0.806 bits per heavy atom. The van der Waals surface area contributed by atoms with E-state index in [1.807, 2.05) is 0 Å². The first-order chi connectivity index (χ1) is 16.7. The molecule has 0 aliphatic carbocycles. The molecule has 0 spiro atoms. The van der Waals surface area contributed by atoms with E-state index in [9.17, 15) is 34.8 Å². The predicted octanol–water partition coefficient (Wildman–Crippen LogP) is 5.12. The van der Waals surface area contributed by atoms with Crippen LogP contribution in [0.4, 0.5) is 32.2 Å². The highest BCUT2D eigenvalue weighted by atomic mass is 35.5. The lowest BCUT2D eigenvalue weighted by molar-refractivity contribution is -0.138. The fourth-order valence-corrected chi connectivity index (χ4v) is 5.70. The third-order valence-corrected chi connectivity index (χ3v) is 7.84. The van der Waals surface area contributed by atoms with Crippen molar-refractivity contribution in [3.63, 3.8) is 0 Å². The Morgan fingerprint density at radius 3 is 1.78 bits per heavy atom. The summed E-state index contributed by atoms with van der Waals surface area (Å²) in [7, 11) is -4.15. The lowest BCUT2D eigenvalue weighted by Gasteiger charge is -2.35. The fourth-order valence-electron chi connectivity index (χ4n) is 3.60. The van der Waals surface area contributed by atoms with Gasteiger partial charge in [0.2, 0.25) is 0 Å². The Morgan fingerprint density at radius 2 is 1.31 bits per heavy atom. The number of hydrogen-bond acceptors (Lipinski definition) is 5. The number of nitrogens with zero attached hydrogens (tertiary/aromatic N) is 5. The van der Waals surface area contributed by atoms with Crippen LogP contribution in [0.3, 0.4) is 0 Å². The molecule has 1 aliphatic rings. The van der Waals surface area contributed by atoms with Gasteiger partial charge in [0.1, 0.15) is 5.82 Å². The molecule has 0 aromatic carbocycles. The third kappa shape index (κ3) is 5.12. The summed E-state index contributed by atoms with van der Waals surface area (Å²) in [5, 5.41) is -0.890. The minimum Gasteiger partial charge on any atom is -0.353 e. The summed E-state index contributed by atoms with van der Waals surface area (Å²) in [5.74, 6) is -0.113. The summed E-state index contributed by atoms with van der Waals surface area (Å²) in [6, 6.07) is 4.04. The standard InChI is InChI=1S/C20H15Cl2F6N5O2S/c21-14-8-12(19(23,24)25)10-29-17(14)31-4-6-32(7-5-31)36(34,35)16-2-1-3-33(16)18-15(22)9-13(11-30-18)20(26,27)28/h1-3,8-11H,4-7H2. The molecule has 3 aromatic rings. The maximum atomic E-state index is 13.3. The van der Waals surface area contributed by atoms with Gasteiger partial charge in [0, 0.05) is 44.8 Å². The van der Waals surface area contributed by atoms with Crippen molar-refractivity contribution in [1.29, 1.82) is 0 Å². The molecule has 0 radical (unpaired) electrons. The fraction of sp³-hybridized carbons (Fsp3) is 0.300. The minimum atomic E-state index is -4.68. The number of alkyl halides is 6. The second-order valence-electron chi connectivity index (χ2n) is 7.66. The van der Waals surface area contributed by atoms with Crippen molar-refractivity contribution in [2.75, 3.05) is 31.1 Å². The van der Waals surface area contributed by atoms with Crippen LogP contribution in [-0.4, -0.2) is 53.4 Å². The van der Waals surface area contributed by atoms with Crippen LogP contribution in [0, 0.1) is 0 Å². The molecule has 0 unspecified atom stereocenters. The van der Waals surface area contributed by atoms with Crippen molar-refractivity contribution in [2.24, 2.45) is 0 Å². The van der Waals surface area contributed by atoms with Gasteiger partial charge in [0.05, 0.1) is 21.2 Å². The number of halogens is 8. The molecule has 16 heteroatoms. The van der Waals surface area contributed by atoms with Crippen molar-refractivity contribution >= 4 is 39.0 Å². The summed E-state index contributed by atoms with van der Waals surface area (Å²) < 4.78 is 106. The number of piperazine rings is 1. The molecular formula is C20H15Cl2F6N5O2S. The quantitative estimate of drug-likeness (QED) is 0.405. The van der Waals surface area contributed by atoms with Crippen molar-refractivity contribution in [3.05, 3.63) is 64.0 Å². The second-order valence-corrected chi connectivity index (χ2v) is 10.4. The molecule has 36 heavy (non-hydrogen) atoms. The van der Waals surface area contributed by atoms with Gasteiger partial charge in [-0.15, -0.1) is 0 Å². The molecule has 4 heterocycles. The first-order valence-corrected chi connectivity index (χ1v) is 12.3. The molecule has 1 aliphatic heterocycles. The van der Waals surface area contributed by atoms with E-state index in [4.69, 9.17) is 23.2 Å². The third-order valence-electron chi connectivity index (χ3n) is 5.38. The van der Waals surface area contributed by atoms with E-state index >= 15 is 0 Å². The zero-order valence-electron chi connectivity index (χ0n) is 17.9.